The molecular weight excluding hydrogens is 432 g/mol. The summed E-state index contributed by atoms with van der Waals surface area (Å²) in [5.41, 5.74) is 9.72. The van der Waals surface area contributed by atoms with Gasteiger partial charge in [0.15, 0.2) is 0 Å². The van der Waals surface area contributed by atoms with Crippen LogP contribution < -0.4 is 20.9 Å². The molecule has 0 saturated heterocycles. The van der Waals surface area contributed by atoms with Crippen LogP contribution in [0.15, 0.2) is 36.4 Å². The number of carboxylic acid groups (broad SMARTS) is 2. The predicted molar refractivity (Wildman–Crippen MR) is 122 cm³/mol. The van der Waals surface area contributed by atoms with E-state index in [1.807, 2.05) is 0 Å². The summed E-state index contributed by atoms with van der Waals surface area (Å²) < 4.78 is 10.2. The van der Waals surface area contributed by atoms with Gasteiger partial charge in [-0.2, -0.15) is 0 Å². The molecule has 182 valence electrons. The van der Waals surface area contributed by atoms with Gasteiger partial charge < -0.3 is 41.4 Å². The standard InChI is InChI=1S/C12H17NO4.C11H15NO4/c1-12(13,11(14)15)7-8-4-5-9(16-2)6-10(8)17-3;1-2-11(12,10(15)16)6-7-5-8(13)3-4-9(7)14/h4-6H,7,13H2,1-3H3,(H,14,15);3-5,13-14H,2,6,12H2,1H3,(H,15,16). The maximum Gasteiger partial charge on any atom is 0.324 e. The minimum atomic E-state index is -1.43. The SMILES string of the molecule is CCC(N)(Cc1cc(O)ccc1O)C(=O)O.COc1ccc(CC(C)(N)C(=O)O)c(OC)c1. The molecule has 0 aliphatic carbocycles. The quantitative estimate of drug-likeness (QED) is 0.299. The van der Waals surface area contributed by atoms with E-state index in [1.165, 1.54) is 32.2 Å². The Kier molecular flexibility index (Phi) is 9.50. The van der Waals surface area contributed by atoms with Crippen molar-refractivity contribution in [3.63, 3.8) is 0 Å². The van der Waals surface area contributed by atoms with Gasteiger partial charge in [-0.25, -0.2) is 0 Å². The van der Waals surface area contributed by atoms with Gasteiger partial charge in [-0.3, -0.25) is 9.59 Å². The first-order chi connectivity index (χ1) is 15.3. The van der Waals surface area contributed by atoms with Crippen molar-refractivity contribution >= 4 is 11.9 Å². The lowest BCUT2D eigenvalue weighted by Gasteiger charge is -2.23. The lowest BCUT2D eigenvalue weighted by molar-refractivity contribution is -0.144. The van der Waals surface area contributed by atoms with Gasteiger partial charge in [-0.1, -0.05) is 13.0 Å². The molecule has 2 aromatic rings. The Bertz CT molecular complexity index is 977. The van der Waals surface area contributed by atoms with Crippen molar-refractivity contribution in [3.05, 3.63) is 47.5 Å². The summed E-state index contributed by atoms with van der Waals surface area (Å²) in [4.78, 5) is 21.9. The van der Waals surface area contributed by atoms with Crippen LogP contribution >= 0.6 is 0 Å². The van der Waals surface area contributed by atoms with Gasteiger partial charge in [0.05, 0.1) is 14.2 Å². The number of aromatic hydroxyl groups is 2. The highest BCUT2D eigenvalue weighted by atomic mass is 16.5. The third-order valence-corrected chi connectivity index (χ3v) is 5.17. The van der Waals surface area contributed by atoms with Crippen LogP contribution in [-0.2, 0) is 22.4 Å². The summed E-state index contributed by atoms with van der Waals surface area (Å²) >= 11 is 0. The van der Waals surface area contributed by atoms with E-state index in [1.54, 1.807) is 32.2 Å². The Morgan fingerprint density at radius 1 is 0.909 bits per heavy atom. The molecule has 2 rings (SSSR count). The molecule has 0 spiro atoms. The number of methoxy groups -OCH3 is 2. The molecule has 33 heavy (non-hydrogen) atoms. The fourth-order valence-corrected chi connectivity index (χ4v) is 2.87. The maximum absolute atomic E-state index is 11.0. The smallest absolute Gasteiger partial charge is 0.324 e. The second-order valence-electron chi connectivity index (χ2n) is 7.88. The van der Waals surface area contributed by atoms with E-state index < -0.39 is 23.0 Å². The van der Waals surface area contributed by atoms with Gasteiger partial charge in [0.2, 0.25) is 0 Å². The number of rotatable bonds is 9. The minimum absolute atomic E-state index is 0.0287. The first kappa shape index (κ1) is 27.5. The van der Waals surface area contributed by atoms with Crippen molar-refractivity contribution in [1.29, 1.82) is 0 Å². The van der Waals surface area contributed by atoms with Crippen molar-refractivity contribution in [2.75, 3.05) is 14.2 Å². The molecule has 0 aliphatic heterocycles. The lowest BCUT2D eigenvalue weighted by Crippen LogP contribution is -2.49. The van der Waals surface area contributed by atoms with Gasteiger partial charge in [-0.05, 0) is 48.7 Å². The average molecular weight is 465 g/mol. The van der Waals surface area contributed by atoms with Crippen LogP contribution in [0.25, 0.3) is 0 Å². The Labute approximate surface area is 192 Å². The lowest BCUT2D eigenvalue weighted by atomic mass is 9.89. The number of ether oxygens (including phenoxy) is 2. The van der Waals surface area contributed by atoms with Gasteiger partial charge in [-0.15, -0.1) is 0 Å². The van der Waals surface area contributed by atoms with Crippen LogP contribution in [0.3, 0.4) is 0 Å². The summed E-state index contributed by atoms with van der Waals surface area (Å²) in [5.74, 6) is -1.05. The van der Waals surface area contributed by atoms with Crippen LogP contribution in [0.4, 0.5) is 0 Å². The zero-order valence-corrected chi connectivity index (χ0v) is 19.2. The topological polar surface area (TPSA) is 186 Å². The first-order valence-electron chi connectivity index (χ1n) is 10.1. The Balaban J connectivity index is 0.000000331. The van der Waals surface area contributed by atoms with Crippen LogP contribution in [0.5, 0.6) is 23.0 Å². The monoisotopic (exact) mass is 464 g/mol. The summed E-state index contributed by atoms with van der Waals surface area (Å²) in [6.45, 7) is 3.13. The van der Waals surface area contributed by atoms with Crippen molar-refractivity contribution in [2.45, 2.75) is 44.2 Å². The maximum atomic E-state index is 11.0. The Hall–Kier alpha value is -3.50. The molecule has 0 saturated carbocycles. The normalized spacial score (nSPS) is 14.1. The van der Waals surface area contributed by atoms with Gasteiger partial charge in [0, 0.05) is 18.9 Å². The van der Waals surface area contributed by atoms with E-state index in [0.29, 0.717) is 17.1 Å². The molecule has 0 bridgehead atoms. The molecule has 10 heteroatoms. The number of hydrogen-bond donors (Lipinski definition) is 6. The van der Waals surface area contributed by atoms with E-state index in [4.69, 9.17) is 31.2 Å². The van der Waals surface area contributed by atoms with Gasteiger partial charge >= 0.3 is 11.9 Å². The number of nitrogens with two attached hydrogens (primary N) is 2. The van der Waals surface area contributed by atoms with E-state index in [2.05, 4.69) is 0 Å². The molecule has 0 aromatic heterocycles. The molecular formula is C23H32N2O8. The molecule has 0 radical (unpaired) electrons. The number of benzene rings is 2. The second kappa shape index (κ2) is 11.4. The fourth-order valence-electron chi connectivity index (χ4n) is 2.87. The molecule has 0 fully saturated rings. The number of phenolic OH excluding ortho intramolecular Hbond substituents is 2. The van der Waals surface area contributed by atoms with Crippen molar-refractivity contribution < 1.29 is 39.5 Å². The fraction of sp³-hybridized carbons (Fsp3) is 0.391. The number of hydrogen-bond acceptors (Lipinski definition) is 8. The Morgan fingerprint density at radius 2 is 1.55 bits per heavy atom. The highest BCUT2D eigenvalue weighted by Crippen LogP contribution is 2.28. The second-order valence-corrected chi connectivity index (χ2v) is 7.88. The Morgan fingerprint density at radius 3 is 2.03 bits per heavy atom. The molecule has 8 N–H and O–H groups in total. The molecule has 0 heterocycles. The van der Waals surface area contributed by atoms with Gasteiger partial charge in [0.1, 0.15) is 34.1 Å². The minimum Gasteiger partial charge on any atom is -0.508 e. The van der Waals surface area contributed by atoms with Gasteiger partial charge in [0.25, 0.3) is 0 Å². The molecule has 0 amide bonds. The summed E-state index contributed by atoms with van der Waals surface area (Å²) in [6.07, 6.45) is 0.395. The largest absolute Gasteiger partial charge is 0.508 e. The molecule has 0 aliphatic rings. The highest BCUT2D eigenvalue weighted by Gasteiger charge is 2.33. The van der Waals surface area contributed by atoms with Crippen LogP contribution in [-0.4, -0.2) is 57.7 Å². The zero-order valence-electron chi connectivity index (χ0n) is 19.2. The molecule has 10 nitrogen and oxygen atoms in total. The summed E-state index contributed by atoms with van der Waals surface area (Å²) in [5, 5.41) is 36.7. The predicted octanol–water partition coefficient (Wildman–Crippen LogP) is 1.88. The average Bonchev–Trinajstić information content (AvgIpc) is 2.76. The van der Waals surface area contributed by atoms with Crippen LogP contribution in [0.2, 0.25) is 0 Å². The van der Waals surface area contributed by atoms with E-state index in [0.717, 1.165) is 5.56 Å². The van der Waals surface area contributed by atoms with Crippen molar-refractivity contribution in [3.8, 4) is 23.0 Å². The highest BCUT2D eigenvalue weighted by molar-refractivity contribution is 5.79. The van der Waals surface area contributed by atoms with E-state index in [-0.39, 0.29) is 30.8 Å². The van der Waals surface area contributed by atoms with Crippen molar-refractivity contribution in [1.82, 2.24) is 0 Å². The first-order valence-corrected chi connectivity index (χ1v) is 10.1. The number of carbonyl (C=O) groups is 2. The third kappa shape index (κ3) is 7.55. The summed E-state index contributed by atoms with van der Waals surface area (Å²) in [6, 6.07) is 9.15. The van der Waals surface area contributed by atoms with Crippen molar-refractivity contribution in [2.24, 2.45) is 11.5 Å². The van der Waals surface area contributed by atoms with Crippen LogP contribution in [0.1, 0.15) is 31.4 Å². The summed E-state index contributed by atoms with van der Waals surface area (Å²) in [7, 11) is 3.08. The number of phenols is 2. The molecule has 2 unspecified atom stereocenters. The van der Waals surface area contributed by atoms with Crippen LogP contribution in [0, 0.1) is 0 Å². The van der Waals surface area contributed by atoms with E-state index in [9.17, 15) is 19.8 Å². The third-order valence-electron chi connectivity index (χ3n) is 5.17. The van der Waals surface area contributed by atoms with E-state index >= 15 is 0 Å². The molecule has 2 atom stereocenters. The zero-order chi connectivity index (χ0) is 25.4. The number of carboxylic acids is 2. The number of aliphatic carboxylic acids is 2. The molecule has 2 aromatic carbocycles.